The molecule has 0 radical (unpaired) electrons. The van der Waals surface area contributed by atoms with Gasteiger partial charge in [-0.3, -0.25) is 37.3 Å². The Labute approximate surface area is 708 Å². The van der Waals surface area contributed by atoms with Crippen molar-refractivity contribution in [1.82, 2.24) is 0 Å². The van der Waals surface area contributed by atoms with Gasteiger partial charge in [0.1, 0.15) is 19.3 Å². The van der Waals surface area contributed by atoms with E-state index in [0.29, 0.717) is 25.7 Å². The number of aliphatic hydroxyl groups is 1. The van der Waals surface area contributed by atoms with Gasteiger partial charge in [0.25, 0.3) is 0 Å². The van der Waals surface area contributed by atoms with E-state index in [4.69, 9.17) is 37.0 Å². The van der Waals surface area contributed by atoms with Gasteiger partial charge in [0.15, 0.2) is 12.2 Å². The Kier molecular flexibility index (Phi) is 86.9. The lowest BCUT2D eigenvalue weighted by Crippen LogP contribution is -2.30. The van der Waals surface area contributed by atoms with Crippen LogP contribution in [0.1, 0.15) is 529 Å². The smallest absolute Gasteiger partial charge is 0.462 e. The third kappa shape index (κ3) is 89.6. The summed E-state index contributed by atoms with van der Waals surface area (Å²) in [5.74, 6) is -1.28. The van der Waals surface area contributed by atoms with Crippen LogP contribution in [0.3, 0.4) is 0 Å². The van der Waals surface area contributed by atoms with Crippen LogP contribution in [0.15, 0.2) is 0 Å². The maximum absolute atomic E-state index is 13.2. The summed E-state index contributed by atoms with van der Waals surface area (Å²) >= 11 is 0. The van der Waals surface area contributed by atoms with Crippen molar-refractivity contribution < 1.29 is 80.2 Å². The molecule has 0 aliphatic heterocycles. The molecule has 0 rings (SSSR count). The minimum Gasteiger partial charge on any atom is -0.462 e. The molecule has 0 aromatic heterocycles. The number of phosphoric acid groups is 2. The highest BCUT2D eigenvalue weighted by atomic mass is 31.2. The van der Waals surface area contributed by atoms with Crippen LogP contribution >= 0.6 is 15.6 Å². The van der Waals surface area contributed by atoms with Gasteiger partial charge in [-0.25, -0.2) is 9.13 Å². The number of phosphoric ester groups is 2. The van der Waals surface area contributed by atoms with E-state index in [1.807, 2.05) is 0 Å². The predicted octanol–water partition coefficient (Wildman–Crippen LogP) is 30.3. The summed E-state index contributed by atoms with van der Waals surface area (Å²) in [5, 5.41) is 10.7. The number of hydrogen-bond acceptors (Lipinski definition) is 15. The number of carbonyl (C=O) groups excluding carboxylic acids is 4. The first kappa shape index (κ1) is 113. The molecule has 17 nitrogen and oxygen atoms in total. The monoisotopic (exact) mass is 1680 g/mol. The van der Waals surface area contributed by atoms with Crippen molar-refractivity contribution in [1.29, 1.82) is 0 Å². The van der Waals surface area contributed by atoms with Gasteiger partial charge < -0.3 is 33.8 Å². The molecule has 0 aromatic rings. The fourth-order valence-corrected chi connectivity index (χ4v) is 16.8. The molecule has 2 unspecified atom stereocenters. The Bertz CT molecular complexity index is 2170. The molecule has 0 aliphatic rings. The minimum atomic E-state index is -4.97. The first-order valence-electron chi connectivity index (χ1n) is 49.6. The van der Waals surface area contributed by atoms with Crippen molar-refractivity contribution in [2.24, 2.45) is 5.92 Å². The number of carbonyl (C=O) groups is 4. The van der Waals surface area contributed by atoms with Crippen LogP contribution in [0.2, 0.25) is 0 Å². The van der Waals surface area contributed by atoms with Crippen molar-refractivity contribution in [3.8, 4) is 0 Å². The van der Waals surface area contributed by atoms with E-state index in [0.717, 1.165) is 95.8 Å². The molecular formula is C96H188O17P2. The summed E-state index contributed by atoms with van der Waals surface area (Å²) in [7, 11) is -9.94. The Morgan fingerprint density at radius 2 is 0.400 bits per heavy atom. The second-order valence-corrected chi connectivity index (χ2v) is 37.8. The fraction of sp³-hybridized carbons (Fsp3) is 0.958. The molecule has 0 saturated heterocycles. The normalized spacial score (nSPS) is 13.6. The van der Waals surface area contributed by atoms with Crippen molar-refractivity contribution in [2.45, 2.75) is 547 Å². The van der Waals surface area contributed by atoms with Gasteiger partial charge in [-0.2, -0.15) is 0 Å². The summed E-state index contributed by atoms with van der Waals surface area (Å²) in [6.07, 6.45) is 86.3. The molecule has 0 saturated carbocycles. The minimum absolute atomic E-state index is 0.109. The lowest BCUT2D eigenvalue weighted by Gasteiger charge is -2.21. The van der Waals surface area contributed by atoms with Gasteiger partial charge in [0.2, 0.25) is 0 Å². The topological polar surface area (TPSA) is 237 Å². The van der Waals surface area contributed by atoms with E-state index < -0.39 is 97.5 Å². The van der Waals surface area contributed by atoms with E-state index in [-0.39, 0.29) is 25.7 Å². The predicted molar refractivity (Wildman–Crippen MR) is 479 cm³/mol. The molecule has 0 spiro atoms. The molecule has 0 heterocycles. The van der Waals surface area contributed by atoms with Crippen LogP contribution in [0.4, 0.5) is 0 Å². The highest BCUT2D eigenvalue weighted by Gasteiger charge is 2.31. The van der Waals surface area contributed by atoms with E-state index in [2.05, 4.69) is 34.6 Å². The number of rotatable bonds is 96. The third-order valence-corrected chi connectivity index (χ3v) is 24.7. The van der Waals surface area contributed by atoms with Crippen molar-refractivity contribution in [2.75, 3.05) is 39.6 Å². The van der Waals surface area contributed by atoms with Gasteiger partial charge in [-0.15, -0.1) is 0 Å². The second kappa shape index (κ2) is 88.4. The molecule has 5 atom stereocenters. The zero-order valence-corrected chi connectivity index (χ0v) is 77.7. The van der Waals surface area contributed by atoms with E-state index >= 15 is 0 Å². The maximum atomic E-state index is 13.2. The Balaban J connectivity index is 5.25. The molecule has 19 heteroatoms. The average Bonchev–Trinajstić information content (AvgIpc) is 0.898. The molecule has 684 valence electrons. The van der Waals surface area contributed by atoms with E-state index in [1.165, 1.54) is 353 Å². The van der Waals surface area contributed by atoms with Gasteiger partial charge >= 0.3 is 39.5 Å². The lowest BCUT2D eigenvalue weighted by atomic mass is 10.0. The SMILES string of the molecule is CCCCCCCCCCCCCCCCCCCCCCCCC(=O)O[C@H](COC(=O)CCCCCCCCCCCCCCCCCCCCCCC)COP(=O)(O)OC[C@@H](O)COP(=O)(O)OC[C@@H](COC(=O)CCCCCCCCCCCCCCC)OC(=O)CCCCCCCCCCCCCCCCCCC(C)C. The van der Waals surface area contributed by atoms with E-state index in [9.17, 15) is 43.2 Å². The fourth-order valence-electron chi connectivity index (χ4n) is 15.2. The Morgan fingerprint density at radius 1 is 0.235 bits per heavy atom. The highest BCUT2D eigenvalue weighted by Crippen LogP contribution is 2.45. The molecule has 0 aliphatic carbocycles. The quantitative estimate of drug-likeness (QED) is 0.0222. The zero-order valence-electron chi connectivity index (χ0n) is 76.0. The Hall–Kier alpha value is -1.94. The summed E-state index contributed by atoms with van der Waals surface area (Å²) in [5.41, 5.74) is 0. The van der Waals surface area contributed by atoms with Gasteiger partial charge in [0.05, 0.1) is 26.4 Å². The van der Waals surface area contributed by atoms with Gasteiger partial charge in [-0.05, 0) is 31.6 Å². The van der Waals surface area contributed by atoms with Crippen LogP contribution < -0.4 is 0 Å². The van der Waals surface area contributed by atoms with Crippen LogP contribution in [0.25, 0.3) is 0 Å². The van der Waals surface area contributed by atoms with Gasteiger partial charge in [-0.1, -0.05) is 478 Å². The first-order chi connectivity index (χ1) is 56.0. The average molecular weight is 1680 g/mol. The van der Waals surface area contributed by atoms with Crippen LogP contribution in [-0.4, -0.2) is 96.7 Å². The number of unbranched alkanes of at least 4 members (excludes halogenated alkanes) is 68. The van der Waals surface area contributed by atoms with Crippen molar-refractivity contribution in [3.63, 3.8) is 0 Å². The number of hydrogen-bond donors (Lipinski definition) is 3. The molecule has 0 amide bonds. The molecular weight excluding hydrogens is 1490 g/mol. The zero-order chi connectivity index (χ0) is 84.0. The van der Waals surface area contributed by atoms with Crippen LogP contribution in [0, 0.1) is 5.92 Å². The summed E-state index contributed by atoms with van der Waals surface area (Å²) in [6, 6.07) is 0. The standard InChI is InChI=1S/C96H188O17P2/c1-6-9-12-15-18-21-24-27-29-31-33-35-37-39-41-46-51-56-61-66-71-76-81-95(100)113-92(86-107-94(99)80-75-70-65-60-55-50-45-40-38-36-34-32-30-28-25-22-19-16-13-10-7-2)88-111-115(104,105)109-84-90(97)83-108-114(102,103)110-87-91(85-106-93(98)79-74-69-64-59-54-48-26-23-20-17-14-11-8-3)112-96(101)82-77-72-67-62-57-52-47-43-42-44-49-53-58-63-68-73-78-89(4)5/h89-92,97H,6-88H2,1-5H3,(H,102,103)(H,104,105)/t90-,91+,92+/m0/s1. The summed E-state index contributed by atoms with van der Waals surface area (Å²) in [4.78, 5) is 73.6. The van der Waals surface area contributed by atoms with Crippen LogP contribution in [-0.2, 0) is 65.4 Å². The highest BCUT2D eigenvalue weighted by molar-refractivity contribution is 7.47. The molecule has 115 heavy (non-hydrogen) atoms. The summed E-state index contributed by atoms with van der Waals surface area (Å²) in [6.45, 7) is 7.46. The molecule has 3 N–H and O–H groups in total. The number of ether oxygens (including phenoxy) is 4. The largest absolute Gasteiger partial charge is 0.472 e. The molecule has 0 fully saturated rings. The van der Waals surface area contributed by atoms with Crippen molar-refractivity contribution >= 4 is 39.5 Å². The molecule has 0 bridgehead atoms. The third-order valence-electron chi connectivity index (χ3n) is 22.8. The van der Waals surface area contributed by atoms with Gasteiger partial charge in [0, 0.05) is 25.7 Å². The van der Waals surface area contributed by atoms with E-state index in [1.54, 1.807) is 0 Å². The lowest BCUT2D eigenvalue weighted by molar-refractivity contribution is -0.161. The number of esters is 4. The summed E-state index contributed by atoms with van der Waals surface area (Å²) < 4.78 is 69.2. The van der Waals surface area contributed by atoms with Crippen LogP contribution in [0.5, 0.6) is 0 Å². The second-order valence-electron chi connectivity index (χ2n) is 34.9. The number of aliphatic hydroxyl groups excluding tert-OH is 1. The maximum Gasteiger partial charge on any atom is 0.472 e. The molecule has 0 aromatic carbocycles. The Morgan fingerprint density at radius 3 is 0.591 bits per heavy atom. The van der Waals surface area contributed by atoms with Crippen molar-refractivity contribution in [3.05, 3.63) is 0 Å². The first-order valence-corrected chi connectivity index (χ1v) is 52.6.